The van der Waals surface area contributed by atoms with Gasteiger partial charge in [0.05, 0.1) is 0 Å². The summed E-state index contributed by atoms with van der Waals surface area (Å²) < 4.78 is 4.38. The first kappa shape index (κ1) is 8.10. The van der Waals surface area contributed by atoms with E-state index in [4.69, 9.17) is 0 Å². The van der Waals surface area contributed by atoms with Gasteiger partial charge in [-0.1, -0.05) is 12.8 Å². The summed E-state index contributed by atoms with van der Waals surface area (Å²) in [6, 6.07) is 0. The van der Waals surface area contributed by atoms with Gasteiger partial charge in [0.25, 0.3) is 0 Å². The highest BCUT2D eigenvalue weighted by Gasteiger charge is 2.62. The third-order valence-corrected chi connectivity index (χ3v) is 3.48. The minimum Gasteiger partial charge on any atom is -0.391 e. The molecule has 1 aliphatic heterocycles. The normalized spacial score (nSPS) is 32.9. The maximum Gasteiger partial charge on any atom is 0.332 e. The van der Waals surface area contributed by atoms with Gasteiger partial charge in [0.1, 0.15) is 0 Å². The van der Waals surface area contributed by atoms with E-state index in [-0.39, 0.29) is 17.2 Å². The smallest absolute Gasteiger partial charge is 0.332 e. The van der Waals surface area contributed by atoms with Gasteiger partial charge in [-0.25, -0.2) is 0 Å². The average molecular weight is 186 g/mol. The fraction of sp³-hybridized carbons (Fsp3) is 0.750. The molecule has 0 aromatic heterocycles. The van der Waals surface area contributed by atoms with Crippen LogP contribution >= 0.6 is 12.6 Å². The average Bonchev–Trinajstić information content (AvgIpc) is 2.05. The Kier molecular flexibility index (Phi) is 1.68. The Morgan fingerprint density at radius 2 is 2.00 bits per heavy atom. The maximum atomic E-state index is 11.1. The molecule has 2 fully saturated rings. The second-order valence-corrected chi connectivity index (χ2v) is 4.03. The van der Waals surface area contributed by atoms with Gasteiger partial charge in [-0.15, -0.1) is 0 Å². The summed E-state index contributed by atoms with van der Waals surface area (Å²) in [6.45, 7) is 0. The summed E-state index contributed by atoms with van der Waals surface area (Å²) in [4.78, 5) is 22.3. The molecule has 2 aliphatic rings. The number of esters is 2. The number of hydrogen-bond acceptors (Lipinski definition) is 4. The van der Waals surface area contributed by atoms with Crippen molar-refractivity contribution < 1.29 is 14.3 Å². The summed E-state index contributed by atoms with van der Waals surface area (Å²) in [5.74, 6) is -0.737. The largest absolute Gasteiger partial charge is 0.391 e. The lowest BCUT2D eigenvalue weighted by molar-refractivity contribution is -0.198. The van der Waals surface area contributed by atoms with Crippen LogP contribution in [0.15, 0.2) is 0 Å². The maximum absolute atomic E-state index is 11.1. The molecular weight excluding hydrogens is 176 g/mol. The van der Waals surface area contributed by atoms with Gasteiger partial charge >= 0.3 is 11.9 Å². The highest BCUT2D eigenvalue weighted by Crippen LogP contribution is 2.46. The third-order valence-electron chi connectivity index (χ3n) is 2.78. The molecule has 2 rings (SSSR count). The number of carbonyl (C=O) groups excluding carboxylic acids is 2. The molecule has 12 heavy (non-hydrogen) atoms. The first-order valence-electron chi connectivity index (χ1n) is 4.13. The quantitative estimate of drug-likeness (QED) is 0.347. The van der Waals surface area contributed by atoms with Crippen molar-refractivity contribution in [1.29, 1.82) is 0 Å². The fourth-order valence-electron chi connectivity index (χ4n) is 1.93. The standard InChI is InChI=1S/C8H10O3S/c9-6-8(7(10)11-6)4-2-1-3-5(8)12/h5,12H,1-4H2. The van der Waals surface area contributed by atoms with Crippen molar-refractivity contribution in [3.63, 3.8) is 0 Å². The molecule has 3 nitrogen and oxygen atoms in total. The molecular formula is C8H10O3S. The van der Waals surface area contributed by atoms with Gasteiger partial charge in [0, 0.05) is 5.25 Å². The van der Waals surface area contributed by atoms with E-state index in [2.05, 4.69) is 17.4 Å². The van der Waals surface area contributed by atoms with Crippen LogP contribution in [0.2, 0.25) is 0 Å². The molecule has 66 valence electrons. The molecule has 1 saturated heterocycles. The Bertz CT molecular complexity index is 235. The number of ether oxygens (including phenoxy) is 1. The van der Waals surface area contributed by atoms with Crippen LogP contribution < -0.4 is 0 Å². The van der Waals surface area contributed by atoms with E-state index >= 15 is 0 Å². The lowest BCUT2D eigenvalue weighted by atomic mass is 9.71. The van der Waals surface area contributed by atoms with Crippen molar-refractivity contribution in [2.45, 2.75) is 30.9 Å². The van der Waals surface area contributed by atoms with E-state index in [0.717, 1.165) is 19.3 Å². The van der Waals surface area contributed by atoms with Crippen LogP contribution in [0.4, 0.5) is 0 Å². The Balaban J connectivity index is 2.27. The number of cyclic esters (lactones) is 2. The summed E-state index contributed by atoms with van der Waals surface area (Å²) in [5, 5.41) is -0.125. The predicted octanol–water partition coefficient (Wildman–Crippen LogP) is 0.929. The molecule has 0 bridgehead atoms. The highest BCUT2D eigenvalue weighted by atomic mass is 32.1. The zero-order chi connectivity index (χ0) is 8.77. The van der Waals surface area contributed by atoms with E-state index in [9.17, 15) is 9.59 Å². The second kappa shape index (κ2) is 2.49. The van der Waals surface area contributed by atoms with Gasteiger partial charge in [-0.3, -0.25) is 9.59 Å². The van der Waals surface area contributed by atoms with Gasteiger partial charge in [-0.05, 0) is 12.8 Å². The molecule has 1 heterocycles. The fourth-order valence-corrected chi connectivity index (χ4v) is 2.46. The monoisotopic (exact) mass is 186 g/mol. The number of thiol groups is 1. The molecule has 1 saturated carbocycles. The Morgan fingerprint density at radius 3 is 2.42 bits per heavy atom. The van der Waals surface area contributed by atoms with Gasteiger partial charge in [-0.2, -0.15) is 12.6 Å². The number of hydrogen-bond donors (Lipinski definition) is 1. The molecule has 0 radical (unpaired) electrons. The van der Waals surface area contributed by atoms with E-state index in [1.165, 1.54) is 0 Å². The molecule has 4 heteroatoms. The Labute approximate surface area is 75.9 Å². The predicted molar refractivity (Wildman–Crippen MR) is 44.8 cm³/mol. The zero-order valence-corrected chi connectivity index (χ0v) is 7.47. The van der Waals surface area contributed by atoms with Crippen molar-refractivity contribution in [3.8, 4) is 0 Å². The Morgan fingerprint density at radius 1 is 1.33 bits per heavy atom. The van der Waals surface area contributed by atoms with Crippen molar-refractivity contribution in [2.75, 3.05) is 0 Å². The minimum absolute atomic E-state index is 0.125. The number of rotatable bonds is 0. The molecule has 0 N–H and O–H groups in total. The highest BCUT2D eigenvalue weighted by molar-refractivity contribution is 7.81. The van der Waals surface area contributed by atoms with Gasteiger partial charge in [0.2, 0.25) is 0 Å². The summed E-state index contributed by atoms with van der Waals surface area (Å²) in [7, 11) is 0. The summed E-state index contributed by atoms with van der Waals surface area (Å²) in [6.07, 6.45) is 3.44. The van der Waals surface area contributed by atoms with Crippen molar-refractivity contribution in [1.82, 2.24) is 0 Å². The van der Waals surface area contributed by atoms with Crippen LogP contribution in [0.25, 0.3) is 0 Å². The van der Waals surface area contributed by atoms with Crippen LogP contribution in [-0.4, -0.2) is 17.2 Å². The first-order chi connectivity index (χ1) is 5.68. The lowest BCUT2D eigenvalue weighted by Gasteiger charge is -2.42. The Hall–Kier alpha value is -0.510. The molecule has 1 aliphatic carbocycles. The topological polar surface area (TPSA) is 43.4 Å². The van der Waals surface area contributed by atoms with Crippen LogP contribution in [0.3, 0.4) is 0 Å². The summed E-state index contributed by atoms with van der Waals surface area (Å²) >= 11 is 4.27. The minimum atomic E-state index is -0.860. The summed E-state index contributed by atoms with van der Waals surface area (Å²) in [5.41, 5.74) is -0.860. The second-order valence-electron chi connectivity index (χ2n) is 3.41. The SMILES string of the molecule is O=C1OC(=O)C12CCCCC2S. The molecule has 0 aromatic rings. The van der Waals surface area contributed by atoms with Crippen LogP contribution in [0, 0.1) is 5.41 Å². The molecule has 1 unspecified atom stereocenters. The van der Waals surface area contributed by atoms with Crippen LogP contribution in [-0.2, 0) is 14.3 Å². The van der Waals surface area contributed by atoms with E-state index in [1.807, 2.05) is 0 Å². The van der Waals surface area contributed by atoms with Crippen LogP contribution in [0.1, 0.15) is 25.7 Å². The van der Waals surface area contributed by atoms with Crippen LogP contribution in [0.5, 0.6) is 0 Å². The number of carbonyl (C=O) groups is 2. The van der Waals surface area contributed by atoms with E-state index in [1.54, 1.807) is 0 Å². The molecule has 1 atom stereocenters. The molecule has 1 spiro atoms. The van der Waals surface area contributed by atoms with Crippen molar-refractivity contribution in [2.24, 2.45) is 5.41 Å². The first-order valence-corrected chi connectivity index (χ1v) is 4.64. The van der Waals surface area contributed by atoms with Gasteiger partial charge in [0.15, 0.2) is 5.41 Å². The lowest BCUT2D eigenvalue weighted by Crippen LogP contribution is -2.59. The van der Waals surface area contributed by atoms with Crippen molar-refractivity contribution in [3.05, 3.63) is 0 Å². The third kappa shape index (κ3) is 0.787. The molecule has 0 aromatic carbocycles. The van der Waals surface area contributed by atoms with Gasteiger partial charge < -0.3 is 4.74 Å². The van der Waals surface area contributed by atoms with Crippen molar-refractivity contribution >= 4 is 24.6 Å². The molecule has 0 amide bonds. The zero-order valence-electron chi connectivity index (χ0n) is 6.58. The van der Waals surface area contributed by atoms with E-state index < -0.39 is 5.41 Å². The van der Waals surface area contributed by atoms with E-state index in [0.29, 0.717) is 6.42 Å².